The molecule has 3 rings (SSSR count). The molecule has 0 saturated carbocycles. The molecule has 136 valence electrons. The van der Waals surface area contributed by atoms with Crippen LogP contribution in [0.2, 0.25) is 0 Å². The predicted octanol–water partition coefficient (Wildman–Crippen LogP) is 2.45. The number of sulfonamides is 1. The summed E-state index contributed by atoms with van der Waals surface area (Å²) in [6.45, 7) is -0.298. The molecule has 0 aliphatic heterocycles. The maximum atomic E-state index is 12.3. The second kappa shape index (κ2) is 8.04. The van der Waals surface area contributed by atoms with E-state index in [1.807, 2.05) is 30.3 Å². The monoisotopic (exact) mass is 408 g/mol. The largest absolute Gasteiger partial charge is 0.299 e. The maximum absolute atomic E-state index is 12.3. The van der Waals surface area contributed by atoms with Crippen molar-refractivity contribution in [2.45, 2.75) is 10.6 Å². The van der Waals surface area contributed by atoms with Gasteiger partial charge in [-0.25, -0.2) is 8.42 Å². The molecule has 0 radical (unpaired) electrons. The third-order valence-electron chi connectivity index (χ3n) is 3.44. The van der Waals surface area contributed by atoms with Crippen LogP contribution in [0.5, 0.6) is 0 Å². The van der Waals surface area contributed by atoms with Gasteiger partial charge in [0.2, 0.25) is 11.0 Å². The highest BCUT2D eigenvalue weighted by atomic mass is 32.2. The van der Waals surface area contributed by atoms with Gasteiger partial charge in [0.05, 0.1) is 6.54 Å². The van der Waals surface area contributed by atoms with Crippen LogP contribution in [0.25, 0.3) is 0 Å². The summed E-state index contributed by atoms with van der Waals surface area (Å²) < 4.78 is 25.9. The summed E-state index contributed by atoms with van der Waals surface area (Å²) >= 11 is 2.38. The minimum Gasteiger partial charge on any atom is -0.299 e. The minimum absolute atomic E-state index is 0.203. The number of carbonyl (C=O) groups excluding carboxylic acids is 1. The molecular weight excluding hydrogens is 392 g/mol. The summed E-state index contributed by atoms with van der Waals surface area (Å²) in [5.41, 5.74) is 1.10. The molecule has 2 aromatic heterocycles. The summed E-state index contributed by atoms with van der Waals surface area (Å²) in [7, 11) is -2.29. The van der Waals surface area contributed by atoms with Crippen LogP contribution in [-0.4, -0.2) is 42.4 Å². The lowest BCUT2D eigenvalue weighted by Crippen LogP contribution is -2.34. The third kappa shape index (κ3) is 4.52. The number of nitrogens with zero attached hydrogens (tertiary/aromatic N) is 3. The number of benzene rings is 1. The second-order valence-corrected chi connectivity index (χ2v) is 9.69. The Balaban J connectivity index is 1.58. The quantitative estimate of drug-likeness (QED) is 0.648. The van der Waals surface area contributed by atoms with Gasteiger partial charge in [-0.15, -0.1) is 21.5 Å². The fraction of sp³-hybridized carbons (Fsp3) is 0.188. The number of hydrogen-bond acceptors (Lipinski definition) is 7. The molecule has 0 spiro atoms. The Morgan fingerprint density at radius 2 is 1.92 bits per heavy atom. The Morgan fingerprint density at radius 1 is 1.15 bits per heavy atom. The van der Waals surface area contributed by atoms with Gasteiger partial charge < -0.3 is 0 Å². The minimum atomic E-state index is -3.66. The molecule has 1 aromatic carbocycles. The molecule has 1 amide bonds. The molecule has 3 aromatic rings. The van der Waals surface area contributed by atoms with E-state index in [2.05, 4.69) is 15.5 Å². The van der Waals surface area contributed by atoms with Gasteiger partial charge in [0, 0.05) is 13.5 Å². The van der Waals surface area contributed by atoms with Crippen LogP contribution in [0.4, 0.5) is 5.13 Å². The third-order valence-corrected chi connectivity index (χ3v) is 7.45. The number of carbonyl (C=O) groups is 1. The molecule has 0 aliphatic rings. The molecule has 0 bridgehead atoms. The van der Waals surface area contributed by atoms with Crippen molar-refractivity contribution < 1.29 is 13.2 Å². The Morgan fingerprint density at radius 3 is 2.62 bits per heavy atom. The maximum Gasteiger partial charge on any atom is 0.252 e. The summed E-state index contributed by atoms with van der Waals surface area (Å²) in [6, 6.07) is 13.0. The first kappa shape index (κ1) is 18.6. The first-order chi connectivity index (χ1) is 12.4. The van der Waals surface area contributed by atoms with Crippen LogP contribution in [0.1, 0.15) is 10.6 Å². The lowest BCUT2D eigenvalue weighted by Gasteiger charge is -2.14. The van der Waals surface area contributed by atoms with E-state index in [0.29, 0.717) is 11.6 Å². The molecule has 7 nitrogen and oxygen atoms in total. The number of rotatable bonds is 7. The Labute approximate surface area is 159 Å². The van der Waals surface area contributed by atoms with Crippen LogP contribution in [0.3, 0.4) is 0 Å². The smallest absolute Gasteiger partial charge is 0.252 e. The number of amides is 1. The number of aromatic nitrogens is 2. The van der Waals surface area contributed by atoms with E-state index in [-0.39, 0.29) is 10.8 Å². The molecule has 0 fully saturated rings. The van der Waals surface area contributed by atoms with E-state index in [0.717, 1.165) is 26.2 Å². The summed E-state index contributed by atoms with van der Waals surface area (Å²) in [6.07, 6.45) is 0.626. The van der Waals surface area contributed by atoms with Crippen LogP contribution in [0, 0.1) is 0 Å². The number of likely N-dealkylation sites (N-methyl/N-ethyl adjacent to an activating group) is 1. The van der Waals surface area contributed by atoms with Crippen LogP contribution < -0.4 is 5.32 Å². The fourth-order valence-corrected chi connectivity index (χ4v) is 5.27. The van der Waals surface area contributed by atoms with Gasteiger partial charge >= 0.3 is 0 Å². The zero-order valence-electron chi connectivity index (χ0n) is 13.8. The molecule has 2 heterocycles. The predicted molar refractivity (Wildman–Crippen MR) is 102 cm³/mol. The summed E-state index contributed by atoms with van der Waals surface area (Å²) in [5.74, 6) is -0.463. The normalized spacial score (nSPS) is 11.6. The zero-order chi connectivity index (χ0) is 18.6. The van der Waals surface area contributed by atoms with Gasteiger partial charge in [0.1, 0.15) is 9.22 Å². The van der Waals surface area contributed by atoms with Crippen molar-refractivity contribution in [3.05, 3.63) is 58.4 Å². The first-order valence-electron chi connectivity index (χ1n) is 7.61. The molecule has 0 saturated heterocycles. The molecule has 0 aliphatic carbocycles. The van der Waals surface area contributed by atoms with E-state index < -0.39 is 15.9 Å². The van der Waals surface area contributed by atoms with Gasteiger partial charge in [-0.2, -0.15) is 4.31 Å². The Bertz CT molecular complexity index is 969. The number of anilines is 1. The second-order valence-electron chi connectivity index (χ2n) is 5.40. The Hall–Kier alpha value is -2.14. The molecular formula is C16H16N4O3S3. The lowest BCUT2D eigenvalue weighted by atomic mass is 10.2. The van der Waals surface area contributed by atoms with Crippen molar-refractivity contribution in [3.8, 4) is 0 Å². The van der Waals surface area contributed by atoms with Crippen molar-refractivity contribution in [2.75, 3.05) is 18.9 Å². The van der Waals surface area contributed by atoms with Crippen molar-refractivity contribution in [1.82, 2.24) is 14.5 Å². The van der Waals surface area contributed by atoms with Crippen LogP contribution in [-0.2, 0) is 21.2 Å². The number of nitrogens with one attached hydrogen (secondary N) is 1. The van der Waals surface area contributed by atoms with Crippen LogP contribution in [0.15, 0.2) is 52.1 Å². The Kier molecular flexibility index (Phi) is 5.77. The molecule has 26 heavy (non-hydrogen) atoms. The fourth-order valence-electron chi connectivity index (χ4n) is 2.16. The van der Waals surface area contributed by atoms with E-state index >= 15 is 0 Å². The SMILES string of the molecule is CN(CC(=O)Nc1nnc(Cc2ccccc2)s1)S(=O)(=O)c1cccs1. The molecule has 0 atom stereocenters. The summed E-state index contributed by atoms with van der Waals surface area (Å²) in [5, 5.41) is 13.4. The molecule has 0 unspecified atom stereocenters. The standard InChI is InChI=1S/C16H16N4O3S3/c1-20(26(22,23)15-8-5-9-24-15)11-13(21)17-16-19-18-14(25-16)10-12-6-3-2-4-7-12/h2-9H,10-11H2,1H3,(H,17,19,21). The topological polar surface area (TPSA) is 92.3 Å². The highest BCUT2D eigenvalue weighted by molar-refractivity contribution is 7.91. The number of hydrogen-bond donors (Lipinski definition) is 1. The van der Waals surface area contributed by atoms with E-state index in [4.69, 9.17) is 0 Å². The van der Waals surface area contributed by atoms with E-state index in [9.17, 15) is 13.2 Å². The van der Waals surface area contributed by atoms with Gasteiger partial charge in [-0.1, -0.05) is 47.7 Å². The average molecular weight is 409 g/mol. The lowest BCUT2D eigenvalue weighted by molar-refractivity contribution is -0.116. The van der Waals surface area contributed by atoms with Crippen molar-refractivity contribution in [3.63, 3.8) is 0 Å². The molecule has 1 N–H and O–H groups in total. The van der Waals surface area contributed by atoms with Crippen molar-refractivity contribution in [2.24, 2.45) is 0 Å². The highest BCUT2D eigenvalue weighted by Crippen LogP contribution is 2.21. The van der Waals surface area contributed by atoms with E-state index in [1.54, 1.807) is 11.4 Å². The van der Waals surface area contributed by atoms with Crippen molar-refractivity contribution >= 4 is 43.7 Å². The van der Waals surface area contributed by atoms with Gasteiger partial charge in [-0.05, 0) is 17.0 Å². The molecule has 10 heteroatoms. The van der Waals surface area contributed by atoms with Crippen LogP contribution >= 0.6 is 22.7 Å². The number of thiophene rings is 1. The van der Waals surface area contributed by atoms with Gasteiger partial charge in [-0.3, -0.25) is 10.1 Å². The van der Waals surface area contributed by atoms with Crippen molar-refractivity contribution in [1.29, 1.82) is 0 Å². The van der Waals surface area contributed by atoms with Gasteiger partial charge in [0.25, 0.3) is 10.0 Å². The van der Waals surface area contributed by atoms with E-state index in [1.165, 1.54) is 24.5 Å². The van der Waals surface area contributed by atoms with Gasteiger partial charge in [0.15, 0.2) is 0 Å². The summed E-state index contributed by atoms with van der Waals surface area (Å²) in [4.78, 5) is 12.1. The zero-order valence-corrected chi connectivity index (χ0v) is 16.3. The average Bonchev–Trinajstić information content (AvgIpc) is 3.28. The highest BCUT2D eigenvalue weighted by Gasteiger charge is 2.24. The first-order valence-corrected chi connectivity index (χ1v) is 10.7.